The minimum Gasteiger partial charge on any atom is -0.384 e. The summed E-state index contributed by atoms with van der Waals surface area (Å²) in [7, 11) is 0. The highest BCUT2D eigenvalue weighted by molar-refractivity contribution is 6.02. The molecule has 9 heteroatoms. The van der Waals surface area contributed by atoms with Crippen molar-refractivity contribution in [2.75, 3.05) is 11.1 Å². The molecule has 0 bridgehead atoms. The molecule has 0 aliphatic heterocycles. The Labute approximate surface area is 244 Å². The van der Waals surface area contributed by atoms with Crippen LogP contribution in [0.2, 0.25) is 0 Å². The quantitative estimate of drug-likeness (QED) is 0.229. The van der Waals surface area contributed by atoms with Gasteiger partial charge in [0.15, 0.2) is 5.82 Å². The second kappa shape index (κ2) is 11.8. The summed E-state index contributed by atoms with van der Waals surface area (Å²) in [4.78, 5) is 34.7. The maximum absolute atomic E-state index is 13.2. The van der Waals surface area contributed by atoms with Gasteiger partial charge in [0.1, 0.15) is 11.9 Å². The molecule has 5 aromatic rings. The summed E-state index contributed by atoms with van der Waals surface area (Å²) in [6, 6.07) is 21.7. The Bertz CT molecular complexity index is 1710. The lowest BCUT2D eigenvalue weighted by Gasteiger charge is -2.22. The number of nitrogens with zero attached hydrogens (tertiary/aromatic N) is 4. The Balaban J connectivity index is 1.16. The molecule has 212 valence electrons. The maximum Gasteiger partial charge on any atom is 0.251 e. The lowest BCUT2D eigenvalue weighted by atomic mass is 9.85. The van der Waals surface area contributed by atoms with Crippen LogP contribution in [-0.2, 0) is 4.79 Å². The SMILES string of the molecule is C[C@@H](NC(=O)c1ccc2c(C3CCCCC3)n(-c3ccccn3)nc2c1)C(=O)Nc1ccc(-c2ccc(N)nc2)cc1. The minimum absolute atomic E-state index is 0.314. The molecular weight excluding hydrogens is 526 g/mol. The predicted octanol–water partition coefficient (Wildman–Crippen LogP) is 5.87. The van der Waals surface area contributed by atoms with E-state index in [2.05, 4.69) is 20.6 Å². The first-order valence-electron chi connectivity index (χ1n) is 14.3. The minimum atomic E-state index is -0.752. The highest BCUT2D eigenvalue weighted by Gasteiger charge is 2.25. The van der Waals surface area contributed by atoms with Crippen LogP contribution in [0.1, 0.15) is 61.0 Å². The number of hydrogen-bond donors (Lipinski definition) is 3. The van der Waals surface area contributed by atoms with Crippen molar-refractivity contribution < 1.29 is 9.59 Å². The lowest BCUT2D eigenvalue weighted by Crippen LogP contribution is -2.41. The van der Waals surface area contributed by atoms with Crippen LogP contribution in [0.3, 0.4) is 0 Å². The number of benzene rings is 2. The zero-order valence-electron chi connectivity index (χ0n) is 23.5. The number of anilines is 2. The second-order valence-corrected chi connectivity index (χ2v) is 10.8. The smallest absolute Gasteiger partial charge is 0.251 e. The van der Waals surface area contributed by atoms with Gasteiger partial charge >= 0.3 is 0 Å². The van der Waals surface area contributed by atoms with Crippen LogP contribution >= 0.6 is 0 Å². The van der Waals surface area contributed by atoms with E-state index < -0.39 is 6.04 Å². The zero-order valence-corrected chi connectivity index (χ0v) is 23.5. The van der Waals surface area contributed by atoms with Gasteiger partial charge in [-0.3, -0.25) is 9.59 Å². The lowest BCUT2D eigenvalue weighted by molar-refractivity contribution is -0.117. The van der Waals surface area contributed by atoms with E-state index in [0.717, 1.165) is 46.4 Å². The third kappa shape index (κ3) is 5.72. The molecule has 1 atom stereocenters. The molecule has 1 aliphatic carbocycles. The molecule has 9 nitrogen and oxygen atoms in total. The van der Waals surface area contributed by atoms with Gasteiger partial charge in [-0.15, -0.1) is 0 Å². The number of nitrogens with two attached hydrogens (primary N) is 1. The molecule has 3 aromatic heterocycles. The van der Waals surface area contributed by atoms with Crippen molar-refractivity contribution in [1.82, 2.24) is 25.1 Å². The first-order chi connectivity index (χ1) is 20.5. The number of carbonyl (C=O) groups is 2. The summed E-state index contributed by atoms with van der Waals surface area (Å²) in [6.07, 6.45) is 9.36. The van der Waals surface area contributed by atoms with Crippen molar-refractivity contribution in [3.8, 4) is 16.9 Å². The van der Waals surface area contributed by atoms with Gasteiger partial charge in [0.05, 0.1) is 11.2 Å². The number of rotatable bonds is 7. The Kier molecular flexibility index (Phi) is 7.64. The van der Waals surface area contributed by atoms with Crippen LogP contribution in [0.15, 0.2) is 85.2 Å². The van der Waals surface area contributed by atoms with E-state index in [-0.39, 0.29) is 11.8 Å². The second-order valence-electron chi connectivity index (χ2n) is 10.8. The summed E-state index contributed by atoms with van der Waals surface area (Å²) in [5, 5.41) is 11.6. The molecule has 0 unspecified atom stereocenters. The molecule has 2 amide bonds. The number of hydrogen-bond acceptors (Lipinski definition) is 6. The molecule has 0 saturated heterocycles. The summed E-state index contributed by atoms with van der Waals surface area (Å²) in [6.45, 7) is 1.66. The van der Waals surface area contributed by atoms with E-state index in [1.165, 1.54) is 19.3 Å². The van der Waals surface area contributed by atoms with Crippen LogP contribution in [0.25, 0.3) is 27.8 Å². The summed E-state index contributed by atoms with van der Waals surface area (Å²) < 4.78 is 1.94. The first-order valence-corrected chi connectivity index (χ1v) is 14.3. The number of aromatic nitrogens is 4. The van der Waals surface area contributed by atoms with E-state index in [4.69, 9.17) is 10.8 Å². The van der Waals surface area contributed by atoms with Crippen LogP contribution < -0.4 is 16.4 Å². The van der Waals surface area contributed by atoms with Gasteiger partial charge in [0.2, 0.25) is 5.91 Å². The molecule has 2 aromatic carbocycles. The predicted molar refractivity (Wildman–Crippen MR) is 164 cm³/mol. The van der Waals surface area contributed by atoms with Crippen LogP contribution in [0.5, 0.6) is 0 Å². The molecule has 1 saturated carbocycles. The Morgan fingerprint density at radius 2 is 1.71 bits per heavy atom. The third-order valence-electron chi connectivity index (χ3n) is 7.84. The summed E-state index contributed by atoms with van der Waals surface area (Å²) in [5.74, 6) is 0.972. The number of pyridine rings is 2. The van der Waals surface area contributed by atoms with Crippen LogP contribution in [0, 0.1) is 0 Å². The molecule has 6 rings (SSSR count). The summed E-state index contributed by atoms with van der Waals surface area (Å²) in [5.41, 5.74) is 10.5. The van der Waals surface area contributed by atoms with Crippen molar-refractivity contribution in [3.05, 3.63) is 96.4 Å². The number of nitrogens with one attached hydrogen (secondary N) is 2. The van der Waals surface area contributed by atoms with Gasteiger partial charge < -0.3 is 16.4 Å². The number of nitrogen functional groups attached to an aromatic ring is 1. The van der Waals surface area contributed by atoms with Gasteiger partial charge in [0.25, 0.3) is 5.91 Å². The van der Waals surface area contributed by atoms with Gasteiger partial charge in [-0.1, -0.05) is 43.5 Å². The Morgan fingerprint density at radius 1 is 0.929 bits per heavy atom. The molecule has 3 heterocycles. The van der Waals surface area contributed by atoms with Gasteiger partial charge in [-0.25, -0.2) is 14.6 Å². The molecule has 42 heavy (non-hydrogen) atoms. The average molecular weight is 560 g/mol. The fraction of sp³-hybridized carbons (Fsp3) is 0.242. The van der Waals surface area contributed by atoms with E-state index in [1.807, 2.05) is 65.3 Å². The van der Waals surface area contributed by atoms with Crippen LogP contribution in [0.4, 0.5) is 11.5 Å². The molecule has 0 radical (unpaired) electrons. The Hall–Kier alpha value is -5.05. The number of carbonyl (C=O) groups excluding carboxylic acids is 2. The van der Waals surface area contributed by atoms with Gasteiger partial charge in [-0.05, 0) is 73.9 Å². The molecule has 1 fully saturated rings. The maximum atomic E-state index is 13.2. The fourth-order valence-electron chi connectivity index (χ4n) is 5.59. The number of amides is 2. The highest BCUT2D eigenvalue weighted by Crippen LogP contribution is 2.37. The van der Waals surface area contributed by atoms with Crippen molar-refractivity contribution in [2.24, 2.45) is 0 Å². The molecular formula is C33H33N7O2. The molecule has 1 aliphatic rings. The zero-order chi connectivity index (χ0) is 29.1. The Morgan fingerprint density at radius 3 is 2.43 bits per heavy atom. The molecule has 0 spiro atoms. The van der Waals surface area contributed by atoms with Crippen molar-refractivity contribution in [2.45, 2.75) is 51.0 Å². The number of fused-ring (bicyclic) bond motifs is 1. The largest absolute Gasteiger partial charge is 0.384 e. The monoisotopic (exact) mass is 559 g/mol. The first kappa shape index (κ1) is 27.1. The van der Waals surface area contributed by atoms with E-state index in [9.17, 15) is 9.59 Å². The van der Waals surface area contributed by atoms with E-state index >= 15 is 0 Å². The normalized spacial score (nSPS) is 14.4. The fourth-order valence-corrected chi connectivity index (χ4v) is 5.59. The van der Waals surface area contributed by atoms with Crippen molar-refractivity contribution in [3.63, 3.8) is 0 Å². The van der Waals surface area contributed by atoms with Crippen LogP contribution in [-0.4, -0.2) is 37.6 Å². The van der Waals surface area contributed by atoms with Gasteiger partial charge in [-0.2, -0.15) is 5.10 Å². The topological polar surface area (TPSA) is 128 Å². The highest BCUT2D eigenvalue weighted by atomic mass is 16.2. The third-order valence-corrected chi connectivity index (χ3v) is 7.84. The van der Waals surface area contributed by atoms with Gasteiger partial charge in [0, 0.05) is 40.5 Å². The van der Waals surface area contributed by atoms with Crippen molar-refractivity contribution in [1.29, 1.82) is 0 Å². The van der Waals surface area contributed by atoms with E-state index in [0.29, 0.717) is 23.0 Å². The standard InChI is InChI=1S/C33H33N7O2/c1-21(32(41)38-26-14-10-22(11-15-26)25-13-17-29(34)36-20-25)37-33(42)24-12-16-27-28(19-24)39-40(30-9-5-6-18-35-30)31(27)23-7-3-2-4-8-23/h5-6,9-21,23H,2-4,7-8H2,1H3,(H2,34,36)(H,37,42)(H,38,41)/t21-/m1/s1. The molecule has 4 N–H and O–H groups in total. The average Bonchev–Trinajstić information content (AvgIpc) is 3.41. The van der Waals surface area contributed by atoms with E-state index in [1.54, 1.807) is 31.5 Å². The summed E-state index contributed by atoms with van der Waals surface area (Å²) >= 11 is 0. The van der Waals surface area contributed by atoms with Crippen molar-refractivity contribution >= 4 is 34.2 Å².